The van der Waals surface area contributed by atoms with Crippen molar-refractivity contribution in [2.24, 2.45) is 11.5 Å². The molecule has 2 rings (SSSR count). The number of aliphatic carboxylic acids is 1. The number of primary amides is 1. The Bertz CT molecular complexity index is 701. The van der Waals surface area contributed by atoms with Gasteiger partial charge in [0, 0.05) is 6.54 Å². The summed E-state index contributed by atoms with van der Waals surface area (Å²) in [7, 11) is 0. The van der Waals surface area contributed by atoms with Crippen LogP contribution in [0.2, 0.25) is 0 Å². The van der Waals surface area contributed by atoms with Crippen molar-refractivity contribution in [2.75, 3.05) is 13.1 Å². The Morgan fingerprint density at radius 1 is 1.17 bits per heavy atom. The standard InChI is InChI=1S/C14H24N4O5.C2HF3O2/c1-7(19)9(15)12(22)18-5-3-4-14(18)6-17(13(14)23)10(8(2)20)11(16)21;3-2(4,5)1(6)7/h7-10,19-20H,3-6,15H2,1-2H3,(H2,16,21);(H,6,7)/t7-,8-,9+,10?,14?;/m1./s1. The number of nitrogens with zero attached hydrogens (tertiary/aromatic N) is 2. The van der Waals surface area contributed by atoms with Gasteiger partial charge in [-0.05, 0) is 26.7 Å². The fraction of sp³-hybridized carbons (Fsp3) is 0.750. The van der Waals surface area contributed by atoms with Crippen LogP contribution < -0.4 is 11.5 Å². The van der Waals surface area contributed by atoms with E-state index < -0.39 is 59.7 Å². The zero-order valence-corrected chi connectivity index (χ0v) is 16.3. The lowest BCUT2D eigenvalue weighted by Crippen LogP contribution is -2.77. The van der Waals surface area contributed by atoms with Gasteiger partial charge in [0.2, 0.25) is 11.8 Å². The number of carboxylic acid groups (broad SMARTS) is 1. The fourth-order valence-corrected chi connectivity index (χ4v) is 3.45. The minimum absolute atomic E-state index is 0.128. The van der Waals surface area contributed by atoms with E-state index in [0.29, 0.717) is 19.4 Å². The molecule has 30 heavy (non-hydrogen) atoms. The lowest BCUT2D eigenvalue weighted by Gasteiger charge is -2.53. The average Bonchev–Trinajstić information content (AvgIpc) is 3.05. The van der Waals surface area contributed by atoms with E-state index >= 15 is 0 Å². The van der Waals surface area contributed by atoms with Crippen LogP contribution in [0.15, 0.2) is 0 Å². The summed E-state index contributed by atoms with van der Waals surface area (Å²) in [5.41, 5.74) is 9.91. The SMILES string of the molecule is C[C@@H](O)C(C(N)=O)N1CC2(CCCN2C(=O)[C@@H](N)[C@@H](C)O)C1=O.O=C(O)C(F)(F)F. The molecule has 3 amide bonds. The van der Waals surface area contributed by atoms with Gasteiger partial charge in [0.25, 0.3) is 5.91 Å². The van der Waals surface area contributed by atoms with Crippen LogP contribution in [-0.2, 0) is 19.2 Å². The van der Waals surface area contributed by atoms with Gasteiger partial charge < -0.3 is 36.6 Å². The number of carboxylic acids is 1. The Morgan fingerprint density at radius 3 is 2.00 bits per heavy atom. The number of hydrogen-bond acceptors (Lipinski definition) is 7. The van der Waals surface area contributed by atoms with Gasteiger partial charge in [-0.15, -0.1) is 0 Å². The molecule has 7 N–H and O–H groups in total. The van der Waals surface area contributed by atoms with Crippen molar-refractivity contribution in [1.82, 2.24) is 9.80 Å². The van der Waals surface area contributed by atoms with Gasteiger partial charge in [-0.1, -0.05) is 0 Å². The number of aliphatic hydroxyl groups excluding tert-OH is 2. The molecule has 2 aliphatic rings. The third-order valence-corrected chi connectivity index (χ3v) is 4.98. The first-order valence-corrected chi connectivity index (χ1v) is 8.91. The molecule has 0 aliphatic carbocycles. The summed E-state index contributed by atoms with van der Waals surface area (Å²) in [6.45, 7) is 3.29. The number of carbonyl (C=O) groups excluding carboxylic acids is 3. The van der Waals surface area contributed by atoms with Crippen molar-refractivity contribution < 1.29 is 47.7 Å². The van der Waals surface area contributed by atoms with Gasteiger partial charge in [-0.2, -0.15) is 13.2 Å². The van der Waals surface area contributed by atoms with E-state index in [1.54, 1.807) is 0 Å². The molecule has 2 unspecified atom stereocenters. The molecule has 0 radical (unpaired) electrons. The molecule has 14 heteroatoms. The normalized spacial score (nSPS) is 25.0. The summed E-state index contributed by atoms with van der Waals surface area (Å²) in [4.78, 5) is 48.0. The highest BCUT2D eigenvalue weighted by atomic mass is 19.4. The maximum atomic E-state index is 12.7. The van der Waals surface area contributed by atoms with Crippen molar-refractivity contribution in [3.63, 3.8) is 0 Å². The highest BCUT2D eigenvalue weighted by molar-refractivity contribution is 6.01. The van der Waals surface area contributed by atoms with E-state index in [0.717, 1.165) is 0 Å². The quantitative estimate of drug-likeness (QED) is 0.296. The molecule has 2 fully saturated rings. The predicted octanol–water partition coefficient (Wildman–Crippen LogP) is -2.23. The van der Waals surface area contributed by atoms with E-state index in [2.05, 4.69) is 0 Å². The first kappa shape index (κ1) is 25.6. The van der Waals surface area contributed by atoms with Crippen molar-refractivity contribution in [2.45, 2.75) is 62.7 Å². The van der Waals surface area contributed by atoms with Gasteiger partial charge in [0.1, 0.15) is 17.6 Å². The number of alkyl halides is 3. The molecule has 1 spiro atoms. The molecule has 5 atom stereocenters. The molecule has 2 aliphatic heterocycles. The average molecular weight is 442 g/mol. The summed E-state index contributed by atoms with van der Waals surface area (Å²) in [6.07, 6.45) is -6.11. The van der Waals surface area contributed by atoms with Crippen LogP contribution in [0.5, 0.6) is 0 Å². The second kappa shape index (κ2) is 9.14. The monoisotopic (exact) mass is 442 g/mol. The molecule has 11 nitrogen and oxygen atoms in total. The topological polar surface area (TPSA) is 187 Å². The first-order chi connectivity index (χ1) is 13.6. The number of nitrogens with two attached hydrogens (primary N) is 2. The van der Waals surface area contributed by atoms with Gasteiger partial charge in [0.05, 0.1) is 18.8 Å². The van der Waals surface area contributed by atoms with Crippen molar-refractivity contribution in [1.29, 1.82) is 0 Å². The summed E-state index contributed by atoms with van der Waals surface area (Å²) < 4.78 is 31.7. The highest BCUT2D eigenvalue weighted by Crippen LogP contribution is 2.40. The van der Waals surface area contributed by atoms with Crippen molar-refractivity contribution in [3.05, 3.63) is 0 Å². The molecular weight excluding hydrogens is 417 g/mol. The molecule has 2 saturated heterocycles. The Morgan fingerprint density at radius 2 is 1.67 bits per heavy atom. The van der Waals surface area contributed by atoms with Crippen LogP contribution in [0.3, 0.4) is 0 Å². The first-order valence-electron chi connectivity index (χ1n) is 8.91. The molecule has 172 valence electrons. The lowest BCUT2D eigenvalue weighted by atomic mass is 9.83. The zero-order chi connectivity index (χ0) is 23.6. The van der Waals surface area contributed by atoms with E-state index in [9.17, 15) is 37.8 Å². The maximum absolute atomic E-state index is 12.7. The number of halogens is 3. The number of rotatable bonds is 5. The maximum Gasteiger partial charge on any atom is 0.490 e. The van der Waals surface area contributed by atoms with E-state index in [4.69, 9.17) is 21.4 Å². The van der Waals surface area contributed by atoms with Gasteiger partial charge >= 0.3 is 12.1 Å². The van der Waals surface area contributed by atoms with Crippen LogP contribution in [0.4, 0.5) is 13.2 Å². The number of carbonyl (C=O) groups is 4. The van der Waals surface area contributed by atoms with E-state index in [1.165, 1.54) is 23.6 Å². The van der Waals surface area contributed by atoms with Gasteiger partial charge in [-0.3, -0.25) is 14.4 Å². The summed E-state index contributed by atoms with van der Waals surface area (Å²) in [5, 5.41) is 26.3. The smallest absolute Gasteiger partial charge is 0.475 e. The van der Waals surface area contributed by atoms with E-state index in [1.807, 2.05) is 0 Å². The van der Waals surface area contributed by atoms with E-state index in [-0.39, 0.29) is 6.54 Å². The number of aliphatic hydroxyl groups is 2. The zero-order valence-electron chi connectivity index (χ0n) is 16.3. The molecule has 0 aromatic rings. The lowest BCUT2D eigenvalue weighted by molar-refractivity contribution is -0.192. The fourth-order valence-electron chi connectivity index (χ4n) is 3.45. The minimum atomic E-state index is -5.08. The van der Waals surface area contributed by atoms with Crippen molar-refractivity contribution in [3.8, 4) is 0 Å². The summed E-state index contributed by atoms with van der Waals surface area (Å²) in [5.74, 6) is -4.45. The Balaban J connectivity index is 0.000000553. The number of β-lactam (4-membered cyclic amide) rings is 1. The van der Waals surface area contributed by atoms with Crippen LogP contribution in [0.25, 0.3) is 0 Å². The van der Waals surface area contributed by atoms with Crippen LogP contribution in [-0.4, -0.2) is 97.9 Å². The molecular formula is C16H25F3N4O7. The third-order valence-electron chi connectivity index (χ3n) is 4.98. The Hall–Kier alpha value is -2.45. The predicted molar refractivity (Wildman–Crippen MR) is 93.4 cm³/mol. The molecule has 2 heterocycles. The second-order valence-corrected chi connectivity index (χ2v) is 7.22. The largest absolute Gasteiger partial charge is 0.490 e. The van der Waals surface area contributed by atoms with Crippen LogP contribution in [0.1, 0.15) is 26.7 Å². The van der Waals surface area contributed by atoms with Gasteiger partial charge in [-0.25, -0.2) is 4.79 Å². The highest BCUT2D eigenvalue weighted by Gasteiger charge is 2.62. The van der Waals surface area contributed by atoms with Gasteiger partial charge in [0.15, 0.2) is 0 Å². The molecule has 0 aromatic heterocycles. The summed E-state index contributed by atoms with van der Waals surface area (Å²) in [6, 6.07) is -2.22. The Labute approximate surface area is 169 Å². The van der Waals surface area contributed by atoms with Crippen LogP contribution >= 0.6 is 0 Å². The second-order valence-electron chi connectivity index (χ2n) is 7.22. The summed E-state index contributed by atoms with van der Waals surface area (Å²) >= 11 is 0. The third kappa shape index (κ3) is 4.99. The number of amides is 3. The number of likely N-dealkylation sites (tertiary alicyclic amines) is 2. The van der Waals surface area contributed by atoms with Crippen LogP contribution in [0, 0.1) is 0 Å². The molecule has 0 aromatic carbocycles. The minimum Gasteiger partial charge on any atom is -0.475 e. The van der Waals surface area contributed by atoms with Crippen molar-refractivity contribution >= 4 is 23.7 Å². The number of hydrogen-bond donors (Lipinski definition) is 5. The Kier molecular flexibility index (Phi) is 7.79. The molecule has 0 saturated carbocycles. The molecule has 0 bridgehead atoms.